The maximum atomic E-state index is 8.76. The Morgan fingerprint density at radius 1 is 1.53 bits per heavy atom. The molecule has 0 aliphatic carbocycles. The summed E-state index contributed by atoms with van der Waals surface area (Å²) in [5.74, 6) is 0. The highest BCUT2D eigenvalue weighted by Gasteiger charge is 2.12. The molecule has 0 amide bonds. The Labute approximate surface area is 90.1 Å². The first-order valence-corrected chi connectivity index (χ1v) is 5.31. The first-order chi connectivity index (χ1) is 7.38. The third-order valence-electron chi connectivity index (χ3n) is 2.71. The van der Waals surface area contributed by atoms with E-state index in [4.69, 9.17) is 5.26 Å². The highest BCUT2D eigenvalue weighted by atomic mass is 15.0. The molecule has 1 atom stereocenters. The van der Waals surface area contributed by atoms with Crippen molar-refractivity contribution in [3.8, 4) is 6.07 Å². The summed E-state index contributed by atoms with van der Waals surface area (Å²) in [6, 6.07) is 10.5. The Balaban J connectivity index is 1.90. The van der Waals surface area contributed by atoms with Crippen LogP contribution in [0.15, 0.2) is 24.3 Å². The number of nitriles is 1. The Hall–Kier alpha value is -1.37. The van der Waals surface area contributed by atoms with E-state index in [0.717, 1.165) is 25.2 Å². The average molecular weight is 201 g/mol. The summed E-state index contributed by atoms with van der Waals surface area (Å²) in [5, 5.41) is 15.6. The smallest absolute Gasteiger partial charge is 0.0991 e. The molecule has 3 heteroatoms. The predicted octanol–water partition coefficient (Wildman–Crippen LogP) is 1.01. The maximum absolute atomic E-state index is 8.76. The zero-order valence-corrected chi connectivity index (χ0v) is 8.66. The molecule has 1 saturated heterocycles. The lowest BCUT2D eigenvalue weighted by molar-refractivity contribution is 0.547. The second-order valence-corrected chi connectivity index (χ2v) is 3.88. The van der Waals surface area contributed by atoms with E-state index in [-0.39, 0.29) is 0 Å². The minimum atomic E-state index is 0.579. The van der Waals surface area contributed by atoms with Crippen molar-refractivity contribution >= 4 is 0 Å². The lowest BCUT2D eigenvalue weighted by atomic mass is 10.1. The molecule has 0 aromatic heterocycles. The molecule has 0 bridgehead atoms. The monoisotopic (exact) mass is 201 g/mol. The number of hydrogen-bond donors (Lipinski definition) is 2. The fourth-order valence-corrected chi connectivity index (χ4v) is 1.84. The summed E-state index contributed by atoms with van der Waals surface area (Å²) in [5.41, 5.74) is 1.92. The summed E-state index contributed by atoms with van der Waals surface area (Å²) in [6.07, 6.45) is 1.19. The average Bonchev–Trinajstić information content (AvgIpc) is 2.79. The van der Waals surface area contributed by atoms with Crippen molar-refractivity contribution in [1.82, 2.24) is 10.6 Å². The zero-order valence-electron chi connectivity index (χ0n) is 8.66. The Kier molecular flexibility index (Phi) is 3.33. The molecule has 0 spiro atoms. The van der Waals surface area contributed by atoms with E-state index in [2.05, 4.69) is 22.8 Å². The molecule has 3 nitrogen and oxygen atoms in total. The van der Waals surface area contributed by atoms with Gasteiger partial charge in [0.25, 0.3) is 0 Å². The SMILES string of the molecule is N#Cc1cccc(CNC2CCNC2)c1. The minimum absolute atomic E-state index is 0.579. The minimum Gasteiger partial charge on any atom is -0.315 e. The summed E-state index contributed by atoms with van der Waals surface area (Å²) < 4.78 is 0. The van der Waals surface area contributed by atoms with Crippen molar-refractivity contribution in [2.75, 3.05) is 13.1 Å². The van der Waals surface area contributed by atoms with Crippen LogP contribution in [0, 0.1) is 11.3 Å². The van der Waals surface area contributed by atoms with E-state index in [1.807, 2.05) is 18.2 Å². The van der Waals surface area contributed by atoms with Gasteiger partial charge in [0.1, 0.15) is 0 Å². The molecular weight excluding hydrogens is 186 g/mol. The number of nitrogens with zero attached hydrogens (tertiary/aromatic N) is 1. The molecule has 0 saturated carbocycles. The normalized spacial score (nSPS) is 20.1. The molecule has 0 radical (unpaired) electrons. The van der Waals surface area contributed by atoms with Crippen LogP contribution in [-0.4, -0.2) is 19.1 Å². The van der Waals surface area contributed by atoms with Crippen molar-refractivity contribution in [3.63, 3.8) is 0 Å². The summed E-state index contributed by atoms with van der Waals surface area (Å²) in [4.78, 5) is 0. The van der Waals surface area contributed by atoms with Gasteiger partial charge in [-0.1, -0.05) is 12.1 Å². The van der Waals surface area contributed by atoms with Gasteiger partial charge in [0.15, 0.2) is 0 Å². The van der Waals surface area contributed by atoms with Gasteiger partial charge in [-0.05, 0) is 30.7 Å². The van der Waals surface area contributed by atoms with E-state index in [9.17, 15) is 0 Å². The van der Waals surface area contributed by atoms with Crippen molar-refractivity contribution in [2.24, 2.45) is 0 Å². The molecule has 78 valence electrons. The third kappa shape index (κ3) is 2.79. The lowest BCUT2D eigenvalue weighted by Crippen LogP contribution is -2.30. The van der Waals surface area contributed by atoms with Crippen LogP contribution in [0.2, 0.25) is 0 Å². The fraction of sp³-hybridized carbons (Fsp3) is 0.417. The predicted molar refractivity (Wildman–Crippen MR) is 59.3 cm³/mol. The van der Waals surface area contributed by atoms with Crippen LogP contribution in [0.1, 0.15) is 17.5 Å². The van der Waals surface area contributed by atoms with Crippen LogP contribution in [0.4, 0.5) is 0 Å². The Morgan fingerprint density at radius 3 is 3.20 bits per heavy atom. The number of hydrogen-bond acceptors (Lipinski definition) is 3. The van der Waals surface area contributed by atoms with Crippen LogP contribution in [0.25, 0.3) is 0 Å². The zero-order chi connectivity index (χ0) is 10.5. The first-order valence-electron chi connectivity index (χ1n) is 5.31. The van der Waals surface area contributed by atoms with Crippen molar-refractivity contribution in [1.29, 1.82) is 5.26 Å². The second-order valence-electron chi connectivity index (χ2n) is 3.88. The van der Waals surface area contributed by atoms with E-state index in [1.165, 1.54) is 12.0 Å². The molecule has 2 N–H and O–H groups in total. The molecule has 1 unspecified atom stereocenters. The van der Waals surface area contributed by atoms with Gasteiger partial charge in [-0.25, -0.2) is 0 Å². The largest absolute Gasteiger partial charge is 0.315 e. The van der Waals surface area contributed by atoms with E-state index in [0.29, 0.717) is 6.04 Å². The van der Waals surface area contributed by atoms with E-state index in [1.54, 1.807) is 0 Å². The van der Waals surface area contributed by atoms with Crippen LogP contribution in [0.3, 0.4) is 0 Å². The standard InChI is InChI=1S/C12H15N3/c13-7-10-2-1-3-11(6-10)8-15-12-4-5-14-9-12/h1-3,6,12,14-15H,4-5,8-9H2. The van der Waals surface area contributed by atoms with E-state index >= 15 is 0 Å². The Bertz CT molecular complexity index is 361. The molecule has 2 rings (SSSR count). The molecular formula is C12H15N3. The van der Waals surface area contributed by atoms with Gasteiger partial charge in [0.05, 0.1) is 11.6 Å². The van der Waals surface area contributed by atoms with Gasteiger partial charge in [0, 0.05) is 19.1 Å². The van der Waals surface area contributed by atoms with Gasteiger partial charge in [-0.3, -0.25) is 0 Å². The van der Waals surface area contributed by atoms with Crippen LogP contribution >= 0.6 is 0 Å². The molecule has 1 aromatic carbocycles. The van der Waals surface area contributed by atoms with Crippen molar-refractivity contribution < 1.29 is 0 Å². The molecule has 1 fully saturated rings. The molecule has 1 aromatic rings. The quantitative estimate of drug-likeness (QED) is 0.767. The molecule has 1 aliphatic heterocycles. The number of nitrogens with one attached hydrogen (secondary N) is 2. The highest BCUT2D eigenvalue weighted by Crippen LogP contribution is 2.05. The van der Waals surface area contributed by atoms with Gasteiger partial charge < -0.3 is 10.6 Å². The summed E-state index contributed by atoms with van der Waals surface area (Å²) >= 11 is 0. The van der Waals surface area contributed by atoms with E-state index < -0.39 is 0 Å². The maximum Gasteiger partial charge on any atom is 0.0991 e. The van der Waals surface area contributed by atoms with Crippen LogP contribution < -0.4 is 10.6 Å². The van der Waals surface area contributed by atoms with Crippen LogP contribution in [0.5, 0.6) is 0 Å². The lowest BCUT2D eigenvalue weighted by Gasteiger charge is -2.10. The van der Waals surface area contributed by atoms with Gasteiger partial charge >= 0.3 is 0 Å². The summed E-state index contributed by atoms with van der Waals surface area (Å²) in [6.45, 7) is 3.01. The number of rotatable bonds is 3. The highest BCUT2D eigenvalue weighted by molar-refractivity contribution is 5.32. The third-order valence-corrected chi connectivity index (χ3v) is 2.71. The topological polar surface area (TPSA) is 47.9 Å². The molecule has 15 heavy (non-hydrogen) atoms. The molecule has 1 aliphatic rings. The Morgan fingerprint density at radius 2 is 2.47 bits per heavy atom. The van der Waals surface area contributed by atoms with Crippen molar-refractivity contribution in [3.05, 3.63) is 35.4 Å². The second kappa shape index (κ2) is 4.92. The van der Waals surface area contributed by atoms with Crippen LogP contribution in [-0.2, 0) is 6.54 Å². The fourth-order valence-electron chi connectivity index (χ4n) is 1.84. The first kappa shape index (κ1) is 10.2. The molecule has 1 heterocycles. The van der Waals surface area contributed by atoms with Gasteiger partial charge in [0.2, 0.25) is 0 Å². The van der Waals surface area contributed by atoms with Gasteiger partial charge in [-0.2, -0.15) is 5.26 Å². The van der Waals surface area contributed by atoms with Gasteiger partial charge in [-0.15, -0.1) is 0 Å². The number of benzene rings is 1. The van der Waals surface area contributed by atoms with Crippen molar-refractivity contribution in [2.45, 2.75) is 19.0 Å². The summed E-state index contributed by atoms with van der Waals surface area (Å²) in [7, 11) is 0.